The topological polar surface area (TPSA) is 34.1 Å². The number of rotatable bonds is 2. The quantitative estimate of drug-likeness (QED) is 0.776. The molecule has 15 heavy (non-hydrogen) atoms. The molecular formula is C12H18O2S. The van der Waals surface area contributed by atoms with Crippen LogP contribution in [0.25, 0.3) is 0 Å². The van der Waals surface area contributed by atoms with Gasteiger partial charge in [0.2, 0.25) is 0 Å². The van der Waals surface area contributed by atoms with E-state index in [0.717, 1.165) is 5.56 Å². The van der Waals surface area contributed by atoms with E-state index < -0.39 is 9.84 Å². The Morgan fingerprint density at radius 1 is 1.07 bits per heavy atom. The lowest BCUT2D eigenvalue weighted by atomic mass is 9.87. The molecule has 0 heterocycles. The van der Waals surface area contributed by atoms with Crippen LogP contribution in [0.3, 0.4) is 0 Å². The average molecular weight is 226 g/mol. The van der Waals surface area contributed by atoms with Crippen LogP contribution in [0.4, 0.5) is 0 Å². The summed E-state index contributed by atoms with van der Waals surface area (Å²) >= 11 is 0. The van der Waals surface area contributed by atoms with Crippen molar-refractivity contribution in [3.8, 4) is 0 Å². The van der Waals surface area contributed by atoms with Crippen LogP contribution in [0.5, 0.6) is 0 Å². The Balaban J connectivity index is 2.91. The van der Waals surface area contributed by atoms with E-state index in [-0.39, 0.29) is 11.2 Å². The second-order valence-corrected chi connectivity index (χ2v) is 7.16. The fourth-order valence-corrected chi connectivity index (χ4v) is 2.20. The first-order valence-electron chi connectivity index (χ1n) is 4.96. The van der Waals surface area contributed by atoms with Crippen LogP contribution in [0.2, 0.25) is 0 Å². The molecule has 0 spiro atoms. The van der Waals surface area contributed by atoms with Crippen LogP contribution >= 0.6 is 0 Å². The first-order chi connectivity index (χ1) is 6.68. The first kappa shape index (κ1) is 12.2. The molecule has 0 N–H and O–H groups in total. The third-order valence-electron chi connectivity index (χ3n) is 2.25. The standard InChI is InChI=1S/C12H18O2S/c1-12(2,3)11-7-5-10(6-8-11)9-15(4,13)14/h5-8H,9H2,1-4H3. The summed E-state index contributed by atoms with van der Waals surface area (Å²) in [4.78, 5) is 0. The van der Waals surface area contributed by atoms with Gasteiger partial charge in [-0.15, -0.1) is 0 Å². The second-order valence-electron chi connectivity index (χ2n) is 5.02. The molecule has 1 rings (SSSR count). The molecule has 2 nitrogen and oxygen atoms in total. The molecule has 84 valence electrons. The minimum Gasteiger partial charge on any atom is -0.229 e. The maximum absolute atomic E-state index is 11.1. The lowest BCUT2D eigenvalue weighted by Gasteiger charge is -2.19. The number of sulfone groups is 1. The van der Waals surface area contributed by atoms with Crippen molar-refractivity contribution >= 4 is 9.84 Å². The van der Waals surface area contributed by atoms with Gasteiger partial charge in [0.1, 0.15) is 0 Å². The van der Waals surface area contributed by atoms with E-state index in [9.17, 15) is 8.42 Å². The van der Waals surface area contributed by atoms with Crippen LogP contribution in [0.15, 0.2) is 24.3 Å². The van der Waals surface area contributed by atoms with Crippen molar-refractivity contribution in [3.63, 3.8) is 0 Å². The Morgan fingerprint density at radius 2 is 1.53 bits per heavy atom. The molecule has 0 bridgehead atoms. The molecule has 0 fully saturated rings. The summed E-state index contributed by atoms with van der Waals surface area (Å²) in [5, 5.41) is 0. The Morgan fingerprint density at radius 3 is 1.87 bits per heavy atom. The molecule has 0 saturated carbocycles. The lowest BCUT2D eigenvalue weighted by molar-refractivity contribution is 0.590. The SMILES string of the molecule is CC(C)(C)c1ccc(CS(C)(=O)=O)cc1. The van der Waals surface area contributed by atoms with Gasteiger partial charge in [0.25, 0.3) is 0 Å². The van der Waals surface area contributed by atoms with E-state index >= 15 is 0 Å². The van der Waals surface area contributed by atoms with E-state index in [1.807, 2.05) is 24.3 Å². The largest absolute Gasteiger partial charge is 0.229 e. The fourth-order valence-electron chi connectivity index (χ4n) is 1.40. The van der Waals surface area contributed by atoms with Gasteiger partial charge in [-0.25, -0.2) is 8.42 Å². The number of hydrogen-bond donors (Lipinski definition) is 0. The molecule has 0 radical (unpaired) electrons. The number of benzene rings is 1. The van der Waals surface area contributed by atoms with Crippen molar-refractivity contribution in [1.29, 1.82) is 0 Å². The highest BCUT2D eigenvalue weighted by atomic mass is 32.2. The van der Waals surface area contributed by atoms with Gasteiger partial charge in [0.15, 0.2) is 9.84 Å². The maximum atomic E-state index is 11.1. The predicted molar refractivity (Wildman–Crippen MR) is 63.7 cm³/mol. The Labute approximate surface area is 92.2 Å². The highest BCUT2D eigenvalue weighted by Gasteiger charge is 2.13. The van der Waals surface area contributed by atoms with Gasteiger partial charge < -0.3 is 0 Å². The zero-order chi connectivity index (χ0) is 11.7. The normalized spacial score (nSPS) is 12.8. The van der Waals surface area contributed by atoms with E-state index in [0.29, 0.717) is 0 Å². The zero-order valence-electron chi connectivity index (χ0n) is 9.74. The van der Waals surface area contributed by atoms with E-state index in [1.54, 1.807) is 0 Å². The fraction of sp³-hybridized carbons (Fsp3) is 0.500. The van der Waals surface area contributed by atoms with Gasteiger partial charge in [-0.2, -0.15) is 0 Å². The monoisotopic (exact) mass is 226 g/mol. The Bertz CT molecular complexity index is 422. The molecule has 0 aliphatic rings. The zero-order valence-corrected chi connectivity index (χ0v) is 10.6. The molecule has 1 aromatic carbocycles. The molecule has 1 aromatic rings. The molecule has 0 aliphatic carbocycles. The van der Waals surface area contributed by atoms with Gasteiger partial charge in [0.05, 0.1) is 5.75 Å². The summed E-state index contributed by atoms with van der Waals surface area (Å²) in [5.74, 6) is 0.122. The molecule has 0 unspecified atom stereocenters. The summed E-state index contributed by atoms with van der Waals surface area (Å²) < 4.78 is 22.2. The molecular weight excluding hydrogens is 208 g/mol. The Kier molecular flexibility index (Phi) is 3.24. The predicted octanol–water partition coefficient (Wildman–Crippen LogP) is 2.53. The summed E-state index contributed by atoms with van der Waals surface area (Å²) in [6.45, 7) is 6.41. The minimum atomic E-state index is -2.93. The molecule has 3 heteroatoms. The number of hydrogen-bond acceptors (Lipinski definition) is 2. The minimum absolute atomic E-state index is 0.115. The summed E-state index contributed by atoms with van der Waals surface area (Å²) in [6, 6.07) is 7.78. The van der Waals surface area contributed by atoms with Gasteiger partial charge in [0, 0.05) is 6.26 Å². The maximum Gasteiger partial charge on any atom is 0.151 e. The third kappa shape index (κ3) is 4.04. The molecule has 0 aliphatic heterocycles. The first-order valence-corrected chi connectivity index (χ1v) is 7.02. The van der Waals surface area contributed by atoms with Gasteiger partial charge in [-0.3, -0.25) is 0 Å². The van der Waals surface area contributed by atoms with Crippen LogP contribution in [-0.4, -0.2) is 14.7 Å². The summed E-state index contributed by atoms with van der Waals surface area (Å²) in [7, 11) is -2.93. The van der Waals surface area contributed by atoms with Crippen molar-refractivity contribution in [2.75, 3.05) is 6.26 Å². The van der Waals surface area contributed by atoms with E-state index in [1.165, 1.54) is 11.8 Å². The summed E-state index contributed by atoms with van der Waals surface area (Å²) in [6.07, 6.45) is 1.25. The highest BCUT2D eigenvalue weighted by molar-refractivity contribution is 7.89. The van der Waals surface area contributed by atoms with Crippen LogP contribution < -0.4 is 0 Å². The van der Waals surface area contributed by atoms with Gasteiger partial charge in [-0.1, -0.05) is 45.0 Å². The average Bonchev–Trinajstić information content (AvgIpc) is 2.00. The molecule has 0 amide bonds. The molecule has 0 atom stereocenters. The molecule has 0 aromatic heterocycles. The van der Waals surface area contributed by atoms with Gasteiger partial charge in [-0.05, 0) is 16.5 Å². The van der Waals surface area contributed by atoms with Crippen LogP contribution in [0, 0.1) is 0 Å². The second kappa shape index (κ2) is 3.97. The molecule has 0 saturated heterocycles. The van der Waals surface area contributed by atoms with Crippen LogP contribution in [0.1, 0.15) is 31.9 Å². The van der Waals surface area contributed by atoms with Gasteiger partial charge >= 0.3 is 0 Å². The summed E-state index contributed by atoms with van der Waals surface area (Å²) in [5.41, 5.74) is 2.19. The van der Waals surface area contributed by atoms with E-state index in [2.05, 4.69) is 20.8 Å². The lowest BCUT2D eigenvalue weighted by Crippen LogP contribution is -2.11. The van der Waals surface area contributed by atoms with Crippen LogP contribution in [-0.2, 0) is 21.0 Å². The smallest absolute Gasteiger partial charge is 0.151 e. The van der Waals surface area contributed by atoms with Crippen molar-refractivity contribution in [2.24, 2.45) is 0 Å². The highest BCUT2D eigenvalue weighted by Crippen LogP contribution is 2.22. The van der Waals surface area contributed by atoms with E-state index in [4.69, 9.17) is 0 Å². The van der Waals surface area contributed by atoms with Crippen molar-refractivity contribution < 1.29 is 8.42 Å². The van der Waals surface area contributed by atoms with Crippen molar-refractivity contribution in [2.45, 2.75) is 31.9 Å². The van der Waals surface area contributed by atoms with Crippen molar-refractivity contribution in [3.05, 3.63) is 35.4 Å². The third-order valence-corrected chi connectivity index (χ3v) is 3.11. The Hall–Kier alpha value is -0.830. The van der Waals surface area contributed by atoms with Crippen molar-refractivity contribution in [1.82, 2.24) is 0 Å².